The Balaban J connectivity index is 1.76. The zero-order chi connectivity index (χ0) is 18.0. The van der Waals surface area contributed by atoms with Crippen LogP contribution >= 0.6 is 0 Å². The summed E-state index contributed by atoms with van der Waals surface area (Å²) in [4.78, 5) is 12.5. The van der Waals surface area contributed by atoms with Gasteiger partial charge in [-0.25, -0.2) is 8.42 Å². The van der Waals surface area contributed by atoms with Gasteiger partial charge in [-0.2, -0.15) is 0 Å². The summed E-state index contributed by atoms with van der Waals surface area (Å²) in [5.41, 5.74) is 2.65. The normalized spacial score (nSPS) is 20.3. The molecule has 1 aliphatic heterocycles. The van der Waals surface area contributed by atoms with E-state index in [1.807, 2.05) is 13.0 Å². The van der Waals surface area contributed by atoms with Gasteiger partial charge < -0.3 is 10.1 Å². The summed E-state index contributed by atoms with van der Waals surface area (Å²) in [5.74, 6) is 0.130. The number of hydrogen-bond acceptors (Lipinski definition) is 4. The summed E-state index contributed by atoms with van der Waals surface area (Å²) in [7, 11) is -3.50. The number of nitrogens with one attached hydrogen (secondary N) is 1. The van der Waals surface area contributed by atoms with Crippen LogP contribution in [0.3, 0.4) is 0 Å². The van der Waals surface area contributed by atoms with Crippen molar-refractivity contribution >= 4 is 21.6 Å². The zero-order valence-corrected chi connectivity index (χ0v) is 15.4. The van der Waals surface area contributed by atoms with E-state index in [0.717, 1.165) is 31.1 Å². The Labute approximate surface area is 148 Å². The first-order valence-corrected chi connectivity index (χ1v) is 10.4. The molecule has 1 heterocycles. The quantitative estimate of drug-likeness (QED) is 0.831. The molecule has 0 aromatic heterocycles. The van der Waals surface area contributed by atoms with Crippen LogP contribution in [0.2, 0.25) is 0 Å². The van der Waals surface area contributed by atoms with Crippen molar-refractivity contribution in [2.24, 2.45) is 0 Å². The number of anilines is 1. The summed E-state index contributed by atoms with van der Waals surface area (Å²) in [6, 6.07) is 5.32. The number of fused-ring (bicyclic) bond motifs is 1. The van der Waals surface area contributed by atoms with Crippen LogP contribution in [0, 0.1) is 6.92 Å². The molecule has 0 spiro atoms. The van der Waals surface area contributed by atoms with Gasteiger partial charge in [-0.3, -0.25) is 9.10 Å². The zero-order valence-electron chi connectivity index (χ0n) is 14.6. The first kappa shape index (κ1) is 17.8. The summed E-state index contributed by atoms with van der Waals surface area (Å²) < 4.78 is 31.4. The van der Waals surface area contributed by atoms with Crippen molar-refractivity contribution in [2.75, 3.05) is 23.7 Å². The lowest BCUT2D eigenvalue weighted by Gasteiger charge is -2.34. The lowest BCUT2D eigenvalue weighted by molar-refractivity contribution is -0.127. The lowest BCUT2D eigenvalue weighted by Crippen LogP contribution is -2.50. The Morgan fingerprint density at radius 1 is 1.36 bits per heavy atom. The highest BCUT2D eigenvalue weighted by Gasteiger charge is 2.35. The first-order chi connectivity index (χ1) is 11.8. The summed E-state index contributed by atoms with van der Waals surface area (Å²) in [6.07, 6.45) is 6.87. The Kier molecular flexibility index (Phi) is 5.03. The smallest absolute Gasteiger partial charge is 0.263 e. The van der Waals surface area contributed by atoms with Crippen molar-refractivity contribution in [1.29, 1.82) is 0 Å². The van der Waals surface area contributed by atoms with Gasteiger partial charge in [0.1, 0.15) is 5.75 Å². The maximum atomic E-state index is 12.5. The third-order valence-corrected chi connectivity index (χ3v) is 5.70. The number of benzene rings is 1. The largest absolute Gasteiger partial charge is 0.476 e. The molecule has 1 N–H and O–H groups in total. The molecule has 1 amide bonds. The second kappa shape index (κ2) is 7.07. The molecule has 0 fully saturated rings. The van der Waals surface area contributed by atoms with Crippen LogP contribution in [-0.2, 0) is 14.8 Å². The number of carbonyl (C=O) groups excluding carboxylic acids is 1. The van der Waals surface area contributed by atoms with E-state index in [0.29, 0.717) is 18.0 Å². The Morgan fingerprint density at radius 3 is 2.84 bits per heavy atom. The van der Waals surface area contributed by atoms with E-state index in [1.54, 1.807) is 12.1 Å². The van der Waals surface area contributed by atoms with Gasteiger partial charge in [0.25, 0.3) is 5.91 Å². The summed E-state index contributed by atoms with van der Waals surface area (Å²) in [5, 5.41) is 2.88. The van der Waals surface area contributed by atoms with Crippen molar-refractivity contribution in [3.8, 4) is 5.75 Å². The van der Waals surface area contributed by atoms with Gasteiger partial charge >= 0.3 is 0 Å². The minimum Gasteiger partial charge on any atom is -0.476 e. The number of rotatable bonds is 4. The van der Waals surface area contributed by atoms with E-state index in [-0.39, 0.29) is 12.5 Å². The van der Waals surface area contributed by atoms with Crippen LogP contribution in [0.15, 0.2) is 29.8 Å². The highest BCUT2D eigenvalue weighted by atomic mass is 32.2. The SMILES string of the molecule is Cc1ccc2c(c1)N(S(C)(=O)=O)CC(C(=O)NCC1=CCCCC1)O2. The topological polar surface area (TPSA) is 75.7 Å². The summed E-state index contributed by atoms with van der Waals surface area (Å²) >= 11 is 0. The third-order valence-electron chi connectivity index (χ3n) is 4.55. The van der Waals surface area contributed by atoms with Gasteiger partial charge in [0, 0.05) is 6.54 Å². The molecule has 2 aliphatic rings. The molecule has 1 unspecified atom stereocenters. The summed E-state index contributed by atoms with van der Waals surface area (Å²) in [6.45, 7) is 2.37. The van der Waals surface area contributed by atoms with Gasteiger partial charge in [-0.05, 0) is 50.3 Å². The van der Waals surface area contributed by atoms with E-state index >= 15 is 0 Å². The molecule has 1 aromatic carbocycles. The van der Waals surface area contributed by atoms with Crippen molar-refractivity contribution < 1.29 is 17.9 Å². The molecule has 7 heteroatoms. The van der Waals surface area contributed by atoms with Crippen molar-refractivity contribution in [2.45, 2.75) is 38.7 Å². The van der Waals surface area contributed by atoms with Crippen molar-refractivity contribution in [1.82, 2.24) is 5.32 Å². The number of nitrogens with zero attached hydrogens (tertiary/aromatic N) is 1. The maximum absolute atomic E-state index is 12.5. The van der Waals surface area contributed by atoms with Crippen LogP contribution in [0.25, 0.3) is 0 Å². The van der Waals surface area contributed by atoms with Crippen LogP contribution < -0.4 is 14.4 Å². The molecule has 3 rings (SSSR count). The third kappa shape index (κ3) is 4.15. The Morgan fingerprint density at radius 2 is 2.16 bits per heavy atom. The van der Waals surface area contributed by atoms with Crippen molar-refractivity contribution in [3.63, 3.8) is 0 Å². The van der Waals surface area contributed by atoms with E-state index in [2.05, 4.69) is 11.4 Å². The number of amides is 1. The fourth-order valence-electron chi connectivity index (χ4n) is 3.19. The second-order valence-electron chi connectivity index (χ2n) is 6.70. The number of ether oxygens (including phenoxy) is 1. The van der Waals surface area contributed by atoms with Crippen LogP contribution in [-0.4, -0.2) is 39.8 Å². The minimum absolute atomic E-state index is 0.0137. The molecular formula is C18H24N2O4S. The number of carbonyl (C=O) groups is 1. The molecule has 136 valence electrons. The minimum atomic E-state index is -3.50. The average Bonchev–Trinajstić information content (AvgIpc) is 2.58. The van der Waals surface area contributed by atoms with E-state index in [9.17, 15) is 13.2 Å². The van der Waals surface area contributed by atoms with Gasteiger partial charge in [-0.1, -0.05) is 17.7 Å². The number of allylic oxidation sites excluding steroid dienone is 1. The van der Waals surface area contributed by atoms with E-state index < -0.39 is 16.1 Å². The first-order valence-electron chi connectivity index (χ1n) is 8.55. The fourth-order valence-corrected chi connectivity index (χ4v) is 4.10. The maximum Gasteiger partial charge on any atom is 0.263 e. The predicted molar refractivity (Wildman–Crippen MR) is 97.3 cm³/mol. The molecule has 6 nitrogen and oxygen atoms in total. The molecular weight excluding hydrogens is 340 g/mol. The number of aryl methyl sites for hydroxylation is 1. The Hall–Kier alpha value is -2.02. The Bertz CT molecular complexity index is 801. The van der Waals surface area contributed by atoms with Crippen LogP contribution in [0.4, 0.5) is 5.69 Å². The van der Waals surface area contributed by atoms with Crippen LogP contribution in [0.5, 0.6) is 5.75 Å². The highest BCUT2D eigenvalue weighted by molar-refractivity contribution is 7.92. The monoisotopic (exact) mass is 364 g/mol. The standard InChI is InChI=1S/C18H24N2O4S/c1-13-8-9-16-15(10-13)20(25(2,22)23)12-17(24-16)18(21)19-11-14-6-4-3-5-7-14/h6,8-10,17H,3-5,7,11-12H2,1-2H3,(H,19,21). The van der Waals surface area contributed by atoms with Crippen molar-refractivity contribution in [3.05, 3.63) is 35.4 Å². The fraction of sp³-hybridized carbons (Fsp3) is 0.500. The van der Waals surface area contributed by atoms with E-state index in [4.69, 9.17) is 4.74 Å². The van der Waals surface area contributed by atoms with Crippen LogP contribution in [0.1, 0.15) is 31.2 Å². The van der Waals surface area contributed by atoms with Gasteiger partial charge in [0.15, 0.2) is 6.10 Å². The highest BCUT2D eigenvalue weighted by Crippen LogP contribution is 2.35. The molecule has 0 saturated carbocycles. The molecule has 25 heavy (non-hydrogen) atoms. The lowest BCUT2D eigenvalue weighted by atomic mass is 10.00. The molecule has 0 bridgehead atoms. The molecule has 0 saturated heterocycles. The molecule has 1 aliphatic carbocycles. The number of sulfonamides is 1. The number of hydrogen-bond donors (Lipinski definition) is 1. The van der Waals surface area contributed by atoms with Gasteiger partial charge in [0.05, 0.1) is 18.5 Å². The van der Waals surface area contributed by atoms with E-state index in [1.165, 1.54) is 16.3 Å². The average molecular weight is 364 g/mol. The molecule has 0 radical (unpaired) electrons. The molecule has 1 aromatic rings. The van der Waals surface area contributed by atoms with Gasteiger partial charge in [-0.15, -0.1) is 0 Å². The van der Waals surface area contributed by atoms with Gasteiger partial charge in [0.2, 0.25) is 10.0 Å². The predicted octanol–water partition coefficient (Wildman–Crippen LogP) is 2.14. The molecule has 1 atom stereocenters. The second-order valence-corrected chi connectivity index (χ2v) is 8.60.